The second-order valence-corrected chi connectivity index (χ2v) is 14.1. The van der Waals surface area contributed by atoms with E-state index in [2.05, 4.69) is 144 Å². The van der Waals surface area contributed by atoms with Gasteiger partial charge in [-0.05, 0) is 110 Å². The highest BCUT2D eigenvalue weighted by molar-refractivity contribution is 6.09. The van der Waals surface area contributed by atoms with Gasteiger partial charge >= 0.3 is 0 Å². The molecule has 0 spiro atoms. The molecule has 0 saturated carbocycles. The predicted octanol–water partition coefficient (Wildman–Crippen LogP) is 11.4. The van der Waals surface area contributed by atoms with Gasteiger partial charge in [0.25, 0.3) is 0 Å². The van der Waals surface area contributed by atoms with Gasteiger partial charge < -0.3 is 4.74 Å². The van der Waals surface area contributed by atoms with Crippen molar-refractivity contribution in [1.82, 2.24) is 19.3 Å². The van der Waals surface area contributed by atoms with E-state index < -0.39 is 0 Å². The summed E-state index contributed by atoms with van der Waals surface area (Å²) >= 11 is 0. The molecule has 0 amide bonds. The van der Waals surface area contributed by atoms with Crippen LogP contribution in [0.1, 0.15) is 68.6 Å². The summed E-state index contributed by atoms with van der Waals surface area (Å²) in [5.41, 5.74) is 11.4. The molecule has 5 heteroatoms. The van der Waals surface area contributed by atoms with Crippen LogP contribution < -0.4 is 4.74 Å². The number of aromatic nitrogens is 4. The Morgan fingerprint density at radius 3 is 2.33 bits per heavy atom. The number of fused-ring (bicyclic) bond motifs is 3. The van der Waals surface area contributed by atoms with Crippen LogP contribution >= 0.6 is 0 Å². The fraction of sp³-hybridized carbons (Fsp3) is 0.256. The molecule has 242 valence electrons. The van der Waals surface area contributed by atoms with Crippen LogP contribution in [0.4, 0.5) is 0 Å². The highest BCUT2D eigenvalue weighted by atomic mass is 16.5. The van der Waals surface area contributed by atoms with Gasteiger partial charge in [-0.3, -0.25) is 4.57 Å². The zero-order chi connectivity index (χ0) is 33.6. The Labute approximate surface area is 283 Å². The van der Waals surface area contributed by atoms with Gasteiger partial charge in [0.15, 0.2) is 0 Å². The standard InChI is InChI=1S/C43H44N4O/c1-8-9-13-31-16-19-39-38(24-31)37-18-17-35(27-40(37)46(39)41-25-33(20-21-44-41)43(5,6)7)48-36-23-28(2)22-34(26-36)47-30(4)42(29(3)45-47)32-14-11-10-12-15-32/h10-12,14-27H,8-9,13H2,1-7H3. The van der Waals surface area contributed by atoms with Crippen molar-refractivity contribution in [2.45, 2.75) is 73.1 Å². The lowest BCUT2D eigenvalue weighted by atomic mass is 9.88. The van der Waals surface area contributed by atoms with Crippen LogP contribution in [0.25, 0.3) is 44.4 Å². The first-order chi connectivity index (χ1) is 23.1. The lowest BCUT2D eigenvalue weighted by molar-refractivity contribution is 0.482. The van der Waals surface area contributed by atoms with E-state index in [0.717, 1.165) is 57.4 Å². The number of aryl methyl sites for hydroxylation is 3. The predicted molar refractivity (Wildman–Crippen MR) is 199 cm³/mol. The Morgan fingerprint density at radius 2 is 1.56 bits per heavy atom. The minimum atomic E-state index is 0.00818. The molecule has 0 N–H and O–H groups in total. The maximum atomic E-state index is 6.66. The van der Waals surface area contributed by atoms with Gasteiger partial charge in [-0.1, -0.05) is 70.5 Å². The van der Waals surface area contributed by atoms with Crippen molar-refractivity contribution in [3.05, 3.63) is 131 Å². The van der Waals surface area contributed by atoms with E-state index in [1.807, 2.05) is 16.9 Å². The van der Waals surface area contributed by atoms with Crippen molar-refractivity contribution in [3.63, 3.8) is 0 Å². The average molecular weight is 633 g/mol. The molecular weight excluding hydrogens is 589 g/mol. The molecule has 0 aliphatic carbocycles. The quantitative estimate of drug-likeness (QED) is 0.167. The first-order valence-corrected chi connectivity index (χ1v) is 17.1. The summed E-state index contributed by atoms with van der Waals surface area (Å²) in [5.74, 6) is 2.47. The van der Waals surface area contributed by atoms with Gasteiger partial charge in [0.2, 0.25) is 0 Å². The van der Waals surface area contributed by atoms with Crippen molar-refractivity contribution < 1.29 is 4.74 Å². The molecule has 0 unspecified atom stereocenters. The summed E-state index contributed by atoms with van der Waals surface area (Å²) in [6.07, 6.45) is 5.37. The first-order valence-electron chi connectivity index (χ1n) is 17.1. The monoisotopic (exact) mass is 632 g/mol. The number of hydrogen-bond acceptors (Lipinski definition) is 3. The molecule has 0 fully saturated rings. The van der Waals surface area contributed by atoms with Crippen LogP contribution in [0.2, 0.25) is 0 Å². The van der Waals surface area contributed by atoms with Crippen LogP contribution in [0.15, 0.2) is 103 Å². The van der Waals surface area contributed by atoms with Gasteiger partial charge in [0.05, 0.1) is 22.4 Å². The van der Waals surface area contributed by atoms with E-state index in [4.69, 9.17) is 14.8 Å². The van der Waals surface area contributed by atoms with Crippen molar-refractivity contribution in [2.75, 3.05) is 0 Å². The Bertz CT molecular complexity index is 2270. The third kappa shape index (κ3) is 5.90. The van der Waals surface area contributed by atoms with Gasteiger partial charge in [-0.25, -0.2) is 9.67 Å². The summed E-state index contributed by atoms with van der Waals surface area (Å²) in [6, 6.07) is 34.5. The molecule has 3 aromatic heterocycles. The molecule has 0 aliphatic heterocycles. The molecule has 48 heavy (non-hydrogen) atoms. The second kappa shape index (κ2) is 12.5. The van der Waals surface area contributed by atoms with Crippen LogP contribution in [-0.2, 0) is 11.8 Å². The average Bonchev–Trinajstić information content (AvgIpc) is 3.55. The number of hydrogen-bond donors (Lipinski definition) is 0. The molecule has 7 rings (SSSR count). The summed E-state index contributed by atoms with van der Waals surface area (Å²) in [7, 11) is 0. The highest BCUT2D eigenvalue weighted by Crippen LogP contribution is 2.37. The van der Waals surface area contributed by atoms with Crippen molar-refractivity contribution in [1.29, 1.82) is 0 Å². The molecule has 5 nitrogen and oxygen atoms in total. The second-order valence-electron chi connectivity index (χ2n) is 14.1. The first kappa shape index (κ1) is 31.4. The summed E-state index contributed by atoms with van der Waals surface area (Å²) in [4.78, 5) is 4.89. The molecular formula is C43H44N4O. The minimum Gasteiger partial charge on any atom is -0.457 e. The maximum Gasteiger partial charge on any atom is 0.137 e. The summed E-state index contributed by atoms with van der Waals surface area (Å²) < 4.78 is 11.0. The largest absolute Gasteiger partial charge is 0.457 e. The van der Waals surface area contributed by atoms with Gasteiger partial charge in [-0.2, -0.15) is 5.10 Å². The number of nitrogens with zero attached hydrogens (tertiary/aromatic N) is 4. The van der Waals surface area contributed by atoms with Crippen LogP contribution in [0, 0.1) is 20.8 Å². The molecule has 0 bridgehead atoms. The van der Waals surface area contributed by atoms with E-state index in [0.29, 0.717) is 0 Å². The van der Waals surface area contributed by atoms with Crippen molar-refractivity contribution in [3.8, 4) is 34.1 Å². The molecule has 7 aromatic rings. The molecule has 0 saturated heterocycles. The molecule has 0 aliphatic rings. The van der Waals surface area contributed by atoms with Crippen LogP contribution in [-0.4, -0.2) is 19.3 Å². The number of ether oxygens (including phenoxy) is 1. The van der Waals surface area contributed by atoms with E-state index in [1.165, 1.54) is 45.9 Å². The highest BCUT2D eigenvalue weighted by Gasteiger charge is 2.19. The van der Waals surface area contributed by atoms with Crippen molar-refractivity contribution >= 4 is 21.8 Å². The van der Waals surface area contributed by atoms with Crippen LogP contribution in [0.5, 0.6) is 11.5 Å². The third-order valence-corrected chi connectivity index (χ3v) is 9.33. The topological polar surface area (TPSA) is 44.9 Å². The summed E-state index contributed by atoms with van der Waals surface area (Å²) in [6.45, 7) is 15.3. The zero-order valence-corrected chi connectivity index (χ0v) is 29.1. The SMILES string of the molecule is CCCCc1ccc2c(c1)c1ccc(Oc3cc(C)cc(-n4nc(C)c(-c5ccccc5)c4C)c3)cc1n2-c1cc(C(C)(C)C)ccn1. The Kier molecular flexibility index (Phi) is 8.16. The zero-order valence-electron chi connectivity index (χ0n) is 29.1. The fourth-order valence-corrected chi connectivity index (χ4v) is 6.86. The van der Waals surface area contributed by atoms with Crippen LogP contribution in [0.3, 0.4) is 0 Å². The lowest BCUT2D eigenvalue weighted by Gasteiger charge is -2.20. The fourth-order valence-electron chi connectivity index (χ4n) is 6.86. The van der Waals surface area contributed by atoms with E-state index in [-0.39, 0.29) is 5.41 Å². The molecule has 3 heterocycles. The molecule has 0 atom stereocenters. The van der Waals surface area contributed by atoms with E-state index in [9.17, 15) is 0 Å². The number of unbranched alkanes of at least 4 members (excludes halogenated alkanes) is 1. The smallest absolute Gasteiger partial charge is 0.137 e. The Morgan fingerprint density at radius 1 is 0.750 bits per heavy atom. The number of pyridine rings is 1. The van der Waals surface area contributed by atoms with Gasteiger partial charge in [-0.15, -0.1) is 0 Å². The van der Waals surface area contributed by atoms with Crippen molar-refractivity contribution in [2.24, 2.45) is 0 Å². The summed E-state index contributed by atoms with van der Waals surface area (Å²) in [5, 5.41) is 7.39. The minimum absolute atomic E-state index is 0.00818. The lowest BCUT2D eigenvalue weighted by Crippen LogP contribution is -2.12. The third-order valence-electron chi connectivity index (χ3n) is 9.33. The number of rotatable bonds is 8. The number of benzene rings is 4. The maximum absolute atomic E-state index is 6.66. The Balaban J connectivity index is 1.32. The van der Waals surface area contributed by atoms with E-state index in [1.54, 1.807) is 0 Å². The van der Waals surface area contributed by atoms with Gasteiger partial charge in [0.1, 0.15) is 17.3 Å². The van der Waals surface area contributed by atoms with Gasteiger partial charge in [0, 0.05) is 40.4 Å². The molecule has 0 radical (unpaired) electrons. The normalized spacial score (nSPS) is 11.9. The Hall–Kier alpha value is -5.16. The van der Waals surface area contributed by atoms with E-state index >= 15 is 0 Å². The molecule has 4 aromatic carbocycles.